The van der Waals surface area contributed by atoms with Crippen LogP contribution in [0.3, 0.4) is 0 Å². The lowest BCUT2D eigenvalue weighted by atomic mass is 10.0. The standard InChI is InChI=1S/C21H27N3O7S/c1-4-12(3)18(21(28)31-5-2)23-32(29,30)16-8-6-7-13-14(16)11-24(20(13)27)15-9-10-17(25)22-19(15)26/h6-8,12,15,18,23H,4-5,9-11H2,1-3H3,(H,22,25,26)/t12-,15?,18-/m0/s1. The van der Waals surface area contributed by atoms with Crippen molar-refractivity contribution in [3.8, 4) is 0 Å². The first-order valence-corrected chi connectivity index (χ1v) is 12.0. The second kappa shape index (κ2) is 9.37. The Balaban J connectivity index is 1.92. The van der Waals surface area contributed by atoms with E-state index in [2.05, 4.69) is 10.0 Å². The third kappa shape index (κ3) is 4.53. The zero-order chi connectivity index (χ0) is 23.6. The molecule has 32 heavy (non-hydrogen) atoms. The topological polar surface area (TPSA) is 139 Å². The number of fused-ring (bicyclic) bond motifs is 1. The maximum Gasteiger partial charge on any atom is 0.324 e. The summed E-state index contributed by atoms with van der Waals surface area (Å²) in [6.07, 6.45) is 0.809. The summed E-state index contributed by atoms with van der Waals surface area (Å²) in [5, 5.41) is 2.21. The van der Waals surface area contributed by atoms with Gasteiger partial charge in [0.2, 0.25) is 21.8 Å². The average molecular weight is 466 g/mol. The Morgan fingerprint density at radius 3 is 2.62 bits per heavy atom. The first-order chi connectivity index (χ1) is 15.1. The molecular weight excluding hydrogens is 438 g/mol. The number of carbonyl (C=O) groups excluding carboxylic acids is 4. The summed E-state index contributed by atoms with van der Waals surface area (Å²) in [6, 6.07) is 2.37. The second-order valence-corrected chi connectivity index (χ2v) is 9.60. The molecule has 2 aliphatic heterocycles. The first kappa shape index (κ1) is 23.9. The number of benzene rings is 1. The van der Waals surface area contributed by atoms with Gasteiger partial charge in [-0.1, -0.05) is 26.3 Å². The van der Waals surface area contributed by atoms with Crippen molar-refractivity contribution in [3.63, 3.8) is 0 Å². The molecule has 11 heteroatoms. The van der Waals surface area contributed by atoms with E-state index in [0.717, 1.165) is 0 Å². The smallest absolute Gasteiger partial charge is 0.324 e. The Morgan fingerprint density at radius 1 is 1.28 bits per heavy atom. The van der Waals surface area contributed by atoms with Crippen LogP contribution in [0.5, 0.6) is 0 Å². The summed E-state index contributed by atoms with van der Waals surface area (Å²) in [7, 11) is -4.19. The Morgan fingerprint density at radius 2 is 2.00 bits per heavy atom. The summed E-state index contributed by atoms with van der Waals surface area (Å²) in [4.78, 5) is 50.2. The molecule has 1 aromatic rings. The molecule has 0 aromatic heterocycles. The molecule has 1 saturated heterocycles. The molecular formula is C21H27N3O7S. The number of piperidine rings is 1. The van der Waals surface area contributed by atoms with Crippen molar-refractivity contribution in [2.75, 3.05) is 6.61 Å². The summed E-state index contributed by atoms with van der Waals surface area (Å²) in [5.41, 5.74) is 0.426. The van der Waals surface area contributed by atoms with Crippen LogP contribution in [0.1, 0.15) is 56.0 Å². The summed E-state index contributed by atoms with van der Waals surface area (Å²) >= 11 is 0. The first-order valence-electron chi connectivity index (χ1n) is 10.6. The van der Waals surface area contributed by atoms with Gasteiger partial charge in [0, 0.05) is 24.1 Å². The molecule has 10 nitrogen and oxygen atoms in total. The van der Waals surface area contributed by atoms with E-state index in [1.807, 2.05) is 6.92 Å². The quantitative estimate of drug-likeness (QED) is 0.426. The van der Waals surface area contributed by atoms with E-state index in [1.54, 1.807) is 13.8 Å². The van der Waals surface area contributed by atoms with Gasteiger partial charge in [-0.2, -0.15) is 4.72 Å². The highest BCUT2D eigenvalue weighted by Gasteiger charge is 2.41. The number of nitrogens with zero attached hydrogens (tertiary/aromatic N) is 1. The van der Waals surface area contributed by atoms with Crippen LogP contribution in [0.15, 0.2) is 23.1 Å². The van der Waals surface area contributed by atoms with Gasteiger partial charge < -0.3 is 9.64 Å². The number of ether oxygens (including phenoxy) is 1. The van der Waals surface area contributed by atoms with Crippen LogP contribution in [0.2, 0.25) is 0 Å². The number of esters is 1. The molecule has 1 aromatic carbocycles. The van der Waals surface area contributed by atoms with Gasteiger partial charge in [0.15, 0.2) is 0 Å². The van der Waals surface area contributed by atoms with Crippen LogP contribution in [-0.2, 0) is 35.7 Å². The molecule has 3 rings (SSSR count). The number of imide groups is 1. The molecule has 1 unspecified atom stereocenters. The van der Waals surface area contributed by atoms with Crippen molar-refractivity contribution in [1.82, 2.24) is 14.9 Å². The Labute approximate surface area is 186 Å². The van der Waals surface area contributed by atoms with Gasteiger partial charge in [0.25, 0.3) is 5.91 Å². The van der Waals surface area contributed by atoms with Crippen LogP contribution in [0, 0.1) is 5.92 Å². The van der Waals surface area contributed by atoms with Gasteiger partial charge in [-0.25, -0.2) is 8.42 Å². The molecule has 174 valence electrons. The van der Waals surface area contributed by atoms with Crippen LogP contribution in [-0.4, -0.2) is 55.7 Å². The molecule has 2 aliphatic rings. The number of sulfonamides is 1. The third-order valence-corrected chi connectivity index (χ3v) is 7.39. The monoisotopic (exact) mass is 465 g/mol. The minimum absolute atomic E-state index is 0.0923. The van der Waals surface area contributed by atoms with Crippen molar-refractivity contribution in [1.29, 1.82) is 0 Å². The molecule has 3 atom stereocenters. The van der Waals surface area contributed by atoms with E-state index in [1.165, 1.54) is 23.1 Å². The summed E-state index contributed by atoms with van der Waals surface area (Å²) in [6.45, 7) is 5.24. The Kier molecular flexibility index (Phi) is 6.99. The SMILES string of the molecule is CCOC(=O)[C@@H](NS(=O)(=O)c1cccc2c1CN(C1CCC(=O)NC1=O)C2=O)[C@@H](C)CC. The Hall–Kier alpha value is -2.79. The summed E-state index contributed by atoms with van der Waals surface area (Å²) < 4.78 is 34.0. The maximum absolute atomic E-state index is 13.3. The van der Waals surface area contributed by atoms with Gasteiger partial charge in [-0.3, -0.25) is 24.5 Å². The number of amides is 3. The van der Waals surface area contributed by atoms with Gasteiger partial charge in [-0.05, 0) is 31.4 Å². The maximum atomic E-state index is 13.3. The number of nitrogens with one attached hydrogen (secondary N) is 2. The summed E-state index contributed by atoms with van der Waals surface area (Å²) in [5.74, 6) is -2.45. The highest BCUT2D eigenvalue weighted by Crippen LogP contribution is 2.32. The number of hydrogen-bond donors (Lipinski definition) is 2. The van der Waals surface area contributed by atoms with Crippen LogP contribution < -0.4 is 10.0 Å². The lowest BCUT2D eigenvalue weighted by Gasteiger charge is -2.29. The molecule has 2 N–H and O–H groups in total. The van der Waals surface area contributed by atoms with Crippen molar-refractivity contribution < 1.29 is 32.3 Å². The fourth-order valence-electron chi connectivity index (χ4n) is 3.90. The highest BCUT2D eigenvalue weighted by atomic mass is 32.2. The highest BCUT2D eigenvalue weighted by molar-refractivity contribution is 7.89. The molecule has 0 aliphatic carbocycles. The van der Waals surface area contributed by atoms with E-state index in [9.17, 15) is 27.6 Å². The molecule has 0 spiro atoms. The Bertz CT molecular complexity index is 1050. The molecule has 3 amide bonds. The second-order valence-electron chi connectivity index (χ2n) is 7.92. The van der Waals surface area contributed by atoms with Crippen LogP contribution in [0.25, 0.3) is 0 Å². The van der Waals surface area contributed by atoms with E-state index in [0.29, 0.717) is 6.42 Å². The van der Waals surface area contributed by atoms with Crippen molar-refractivity contribution in [3.05, 3.63) is 29.3 Å². The van der Waals surface area contributed by atoms with Crippen molar-refractivity contribution >= 4 is 33.7 Å². The predicted molar refractivity (Wildman–Crippen MR) is 113 cm³/mol. The molecule has 0 radical (unpaired) electrons. The van der Waals surface area contributed by atoms with Crippen molar-refractivity contribution in [2.45, 2.75) is 63.6 Å². The number of carbonyl (C=O) groups is 4. The van der Waals surface area contributed by atoms with Gasteiger partial charge in [0.1, 0.15) is 12.1 Å². The zero-order valence-corrected chi connectivity index (χ0v) is 19.0. The number of hydrogen-bond acceptors (Lipinski definition) is 7. The fourth-order valence-corrected chi connectivity index (χ4v) is 5.45. The van der Waals surface area contributed by atoms with E-state index >= 15 is 0 Å². The largest absolute Gasteiger partial charge is 0.465 e. The number of rotatable bonds is 8. The van der Waals surface area contributed by atoms with Gasteiger partial charge in [0.05, 0.1) is 11.5 Å². The van der Waals surface area contributed by atoms with Crippen LogP contribution in [0.4, 0.5) is 0 Å². The minimum atomic E-state index is -4.19. The van der Waals surface area contributed by atoms with Gasteiger partial charge in [-0.15, -0.1) is 0 Å². The zero-order valence-electron chi connectivity index (χ0n) is 18.2. The molecule has 2 heterocycles. The van der Waals surface area contributed by atoms with E-state index in [4.69, 9.17) is 4.74 Å². The average Bonchev–Trinajstić information content (AvgIpc) is 3.08. The predicted octanol–water partition coefficient (Wildman–Crippen LogP) is 0.704. The third-order valence-electron chi connectivity index (χ3n) is 5.86. The normalized spacial score (nSPS) is 20.5. The van der Waals surface area contributed by atoms with E-state index < -0.39 is 45.8 Å². The van der Waals surface area contributed by atoms with Crippen LogP contribution >= 0.6 is 0 Å². The van der Waals surface area contributed by atoms with E-state index in [-0.39, 0.29) is 47.9 Å². The van der Waals surface area contributed by atoms with Crippen molar-refractivity contribution in [2.24, 2.45) is 5.92 Å². The molecule has 0 saturated carbocycles. The lowest BCUT2D eigenvalue weighted by Crippen LogP contribution is -2.52. The molecule has 1 fully saturated rings. The minimum Gasteiger partial charge on any atom is -0.465 e. The fraction of sp³-hybridized carbons (Fsp3) is 0.524. The molecule has 0 bridgehead atoms. The lowest BCUT2D eigenvalue weighted by molar-refractivity contribution is -0.146. The van der Waals surface area contributed by atoms with Gasteiger partial charge >= 0.3 is 5.97 Å².